The van der Waals surface area contributed by atoms with Crippen LogP contribution < -0.4 is 5.32 Å². The summed E-state index contributed by atoms with van der Waals surface area (Å²) in [7, 11) is -1.23. The number of carbonyl (C=O) groups is 1. The maximum absolute atomic E-state index is 12.4. The number of hydrogen-bond acceptors (Lipinski definition) is 2. The summed E-state index contributed by atoms with van der Waals surface area (Å²) in [5, 5.41) is 2.32. The Balaban J connectivity index is 1.90. The predicted molar refractivity (Wildman–Crippen MR) is 90.8 cm³/mol. The van der Waals surface area contributed by atoms with E-state index in [0.717, 1.165) is 16.7 Å². The number of aryl methyl sites for hydroxylation is 1. The van der Waals surface area contributed by atoms with E-state index < -0.39 is 16.0 Å². The number of carbonyl (C=O) groups excluding carboxylic acids is 1. The average Bonchev–Trinajstić information content (AvgIpc) is 2.55. The van der Waals surface area contributed by atoms with Crippen molar-refractivity contribution in [2.75, 3.05) is 0 Å². The van der Waals surface area contributed by atoms with Gasteiger partial charge in [0.1, 0.15) is 5.25 Å². The van der Waals surface area contributed by atoms with Crippen LogP contribution in [0.25, 0.3) is 0 Å². The molecule has 2 atom stereocenters. The molecule has 1 amide bonds. The van der Waals surface area contributed by atoms with Crippen LogP contribution >= 0.6 is 0 Å². The summed E-state index contributed by atoms with van der Waals surface area (Å²) >= 11 is 0. The first kappa shape index (κ1) is 16.4. The van der Waals surface area contributed by atoms with E-state index in [1.54, 1.807) is 6.92 Å². The maximum Gasteiger partial charge on any atom is 0.235 e. The summed E-state index contributed by atoms with van der Waals surface area (Å²) < 4.78 is 12.4. The average molecular weight is 315 g/mol. The number of nitrogens with one attached hydrogen (secondary N) is 1. The zero-order valence-electron chi connectivity index (χ0n) is 12.9. The van der Waals surface area contributed by atoms with Gasteiger partial charge in [0.2, 0.25) is 5.91 Å². The van der Waals surface area contributed by atoms with Gasteiger partial charge in [0.25, 0.3) is 0 Å². The Kier molecular flexibility index (Phi) is 5.90. The van der Waals surface area contributed by atoms with Crippen molar-refractivity contribution in [3.05, 3.63) is 71.3 Å². The third kappa shape index (κ3) is 4.53. The Labute approximate surface area is 134 Å². The van der Waals surface area contributed by atoms with Crippen molar-refractivity contribution in [3.63, 3.8) is 0 Å². The molecule has 1 N–H and O–H groups in total. The van der Waals surface area contributed by atoms with Crippen molar-refractivity contribution in [2.24, 2.45) is 0 Å². The molecule has 0 aliphatic heterocycles. The van der Waals surface area contributed by atoms with Crippen LogP contribution in [0.4, 0.5) is 0 Å². The minimum atomic E-state index is -1.23. The van der Waals surface area contributed by atoms with E-state index in [9.17, 15) is 9.00 Å². The lowest BCUT2D eigenvalue weighted by Crippen LogP contribution is -2.35. The molecule has 0 aliphatic rings. The van der Waals surface area contributed by atoms with Gasteiger partial charge in [0, 0.05) is 23.1 Å². The molecule has 0 saturated heterocycles. The highest BCUT2D eigenvalue weighted by atomic mass is 32.2. The summed E-state index contributed by atoms with van der Waals surface area (Å²) in [6.45, 7) is 4.17. The first-order valence-electron chi connectivity index (χ1n) is 7.31. The topological polar surface area (TPSA) is 46.2 Å². The van der Waals surface area contributed by atoms with Crippen LogP contribution in [-0.2, 0) is 27.9 Å². The molecule has 2 aromatic carbocycles. The van der Waals surface area contributed by atoms with Crippen molar-refractivity contribution in [2.45, 2.75) is 31.4 Å². The lowest BCUT2D eigenvalue weighted by Gasteiger charge is -2.13. The van der Waals surface area contributed by atoms with Gasteiger partial charge >= 0.3 is 0 Å². The Bertz CT molecular complexity index is 655. The van der Waals surface area contributed by atoms with Gasteiger partial charge in [-0.2, -0.15) is 0 Å². The molecule has 0 radical (unpaired) electrons. The van der Waals surface area contributed by atoms with Crippen LogP contribution in [0.2, 0.25) is 0 Å². The van der Waals surface area contributed by atoms with Crippen LogP contribution in [0, 0.1) is 6.92 Å². The molecule has 0 bridgehead atoms. The highest BCUT2D eigenvalue weighted by Crippen LogP contribution is 2.12. The fourth-order valence-electron chi connectivity index (χ4n) is 2.10. The first-order valence-corrected chi connectivity index (χ1v) is 8.69. The smallest absolute Gasteiger partial charge is 0.235 e. The maximum atomic E-state index is 12.4. The van der Waals surface area contributed by atoms with Crippen molar-refractivity contribution >= 4 is 16.7 Å². The van der Waals surface area contributed by atoms with Gasteiger partial charge in [-0.1, -0.05) is 54.6 Å². The molecule has 4 heteroatoms. The van der Waals surface area contributed by atoms with E-state index in [1.807, 2.05) is 61.5 Å². The molecule has 3 nitrogen and oxygen atoms in total. The Morgan fingerprint density at radius 1 is 1.09 bits per heavy atom. The van der Waals surface area contributed by atoms with Gasteiger partial charge in [-0.25, -0.2) is 0 Å². The van der Waals surface area contributed by atoms with Gasteiger partial charge in [-0.3, -0.25) is 9.00 Å². The van der Waals surface area contributed by atoms with E-state index in [0.29, 0.717) is 12.3 Å². The van der Waals surface area contributed by atoms with Gasteiger partial charge < -0.3 is 5.32 Å². The number of hydrogen-bond donors (Lipinski definition) is 1. The Morgan fingerprint density at radius 3 is 2.41 bits per heavy atom. The van der Waals surface area contributed by atoms with Gasteiger partial charge in [-0.15, -0.1) is 0 Å². The van der Waals surface area contributed by atoms with Crippen molar-refractivity contribution < 1.29 is 9.00 Å². The highest BCUT2D eigenvalue weighted by molar-refractivity contribution is 7.85. The van der Waals surface area contributed by atoms with Crippen molar-refractivity contribution in [3.8, 4) is 0 Å². The molecule has 2 rings (SSSR count). The van der Waals surface area contributed by atoms with E-state index in [2.05, 4.69) is 5.32 Å². The van der Waals surface area contributed by atoms with Crippen LogP contribution in [0.3, 0.4) is 0 Å². The zero-order chi connectivity index (χ0) is 15.9. The summed E-state index contributed by atoms with van der Waals surface area (Å²) in [5.41, 5.74) is 3.17. The Morgan fingerprint density at radius 2 is 1.73 bits per heavy atom. The molecule has 0 saturated carbocycles. The molecule has 116 valence electrons. The van der Waals surface area contributed by atoms with Gasteiger partial charge in [0.05, 0.1) is 0 Å². The van der Waals surface area contributed by atoms with E-state index in [4.69, 9.17) is 0 Å². The van der Waals surface area contributed by atoms with Crippen LogP contribution in [0.1, 0.15) is 23.6 Å². The highest BCUT2D eigenvalue weighted by Gasteiger charge is 2.20. The van der Waals surface area contributed by atoms with E-state index in [1.165, 1.54) is 0 Å². The van der Waals surface area contributed by atoms with Crippen molar-refractivity contribution in [1.82, 2.24) is 5.32 Å². The SMILES string of the molecule is Cc1ccccc1C[S@@](=O)[C@@H](C)C(=O)NCc1ccccc1. The fourth-order valence-corrected chi connectivity index (χ4v) is 3.30. The molecule has 0 aliphatic carbocycles. The zero-order valence-corrected chi connectivity index (χ0v) is 13.7. The lowest BCUT2D eigenvalue weighted by atomic mass is 10.1. The normalized spacial score (nSPS) is 13.4. The third-order valence-corrected chi connectivity index (χ3v) is 5.23. The monoisotopic (exact) mass is 315 g/mol. The molecule has 22 heavy (non-hydrogen) atoms. The molecule has 2 aromatic rings. The number of rotatable bonds is 6. The van der Waals surface area contributed by atoms with E-state index in [-0.39, 0.29) is 5.91 Å². The van der Waals surface area contributed by atoms with Gasteiger partial charge in [0.15, 0.2) is 0 Å². The molecular formula is C18H21NO2S. The van der Waals surface area contributed by atoms with Crippen LogP contribution in [-0.4, -0.2) is 15.4 Å². The second-order valence-electron chi connectivity index (χ2n) is 5.30. The third-order valence-electron chi connectivity index (χ3n) is 3.63. The predicted octanol–water partition coefficient (Wildman–Crippen LogP) is 2.95. The second kappa shape index (κ2) is 7.90. The summed E-state index contributed by atoms with van der Waals surface area (Å²) in [6, 6.07) is 17.5. The van der Waals surface area contributed by atoms with Crippen LogP contribution in [0.15, 0.2) is 54.6 Å². The number of benzene rings is 2. The fraction of sp³-hybridized carbons (Fsp3) is 0.278. The quantitative estimate of drug-likeness (QED) is 0.891. The molecule has 0 spiro atoms. The molecule has 0 unspecified atom stereocenters. The summed E-state index contributed by atoms with van der Waals surface area (Å²) in [5.74, 6) is 0.239. The Hall–Kier alpha value is -1.94. The van der Waals surface area contributed by atoms with E-state index >= 15 is 0 Å². The summed E-state index contributed by atoms with van der Waals surface area (Å²) in [4.78, 5) is 12.1. The number of amides is 1. The second-order valence-corrected chi connectivity index (χ2v) is 7.05. The largest absolute Gasteiger partial charge is 0.351 e. The molecule has 0 heterocycles. The summed E-state index contributed by atoms with van der Waals surface area (Å²) in [6.07, 6.45) is 0. The molecular weight excluding hydrogens is 294 g/mol. The van der Waals surface area contributed by atoms with Crippen LogP contribution in [0.5, 0.6) is 0 Å². The first-order chi connectivity index (χ1) is 10.6. The minimum Gasteiger partial charge on any atom is -0.351 e. The molecule has 0 aromatic heterocycles. The lowest BCUT2D eigenvalue weighted by molar-refractivity contribution is -0.120. The van der Waals surface area contributed by atoms with Gasteiger partial charge in [-0.05, 0) is 30.5 Å². The van der Waals surface area contributed by atoms with Crippen molar-refractivity contribution in [1.29, 1.82) is 0 Å². The molecule has 0 fully saturated rings. The standard InChI is InChI=1S/C18H21NO2S/c1-14-8-6-7-11-17(14)13-22(21)15(2)18(20)19-12-16-9-4-3-5-10-16/h3-11,15H,12-13H2,1-2H3,(H,19,20)/t15-,22+/m0/s1. The minimum absolute atomic E-state index is 0.171.